The van der Waals surface area contributed by atoms with Crippen LogP contribution < -0.4 is 0 Å². The monoisotopic (exact) mass is 151 g/mol. The van der Waals surface area contributed by atoms with Crippen molar-refractivity contribution in [2.75, 3.05) is 0 Å². The van der Waals surface area contributed by atoms with Crippen LogP contribution in [0.4, 0.5) is 0 Å². The molecule has 0 N–H and O–H groups in total. The molecule has 11 heavy (non-hydrogen) atoms. The molecule has 1 aromatic rings. The third kappa shape index (κ3) is 2.41. The smallest absolute Gasteiger partial charge is 0.0219 e. The van der Waals surface area contributed by atoms with Crippen molar-refractivity contribution in [1.82, 2.24) is 4.57 Å². The molecule has 0 saturated heterocycles. The highest BCUT2D eigenvalue weighted by Gasteiger charge is 1.92. The van der Waals surface area contributed by atoms with E-state index in [9.17, 15) is 0 Å². The van der Waals surface area contributed by atoms with Crippen molar-refractivity contribution >= 4 is 0 Å². The number of aromatic nitrogens is 1. The zero-order chi connectivity index (χ0) is 8.10. The summed E-state index contributed by atoms with van der Waals surface area (Å²) in [6.45, 7) is 5.60. The largest absolute Gasteiger partial charge is 0.354 e. The Morgan fingerprint density at radius 1 is 1.36 bits per heavy atom. The normalized spacial score (nSPS) is 10.4. The van der Waals surface area contributed by atoms with Gasteiger partial charge in [-0.1, -0.05) is 20.3 Å². The summed E-state index contributed by atoms with van der Waals surface area (Å²) in [4.78, 5) is 0. The summed E-state index contributed by atoms with van der Waals surface area (Å²) in [7, 11) is 0. The number of rotatable bonds is 4. The Morgan fingerprint density at radius 2 is 2.18 bits per heavy atom. The van der Waals surface area contributed by atoms with Crippen LogP contribution in [0.25, 0.3) is 0 Å². The van der Waals surface area contributed by atoms with Crippen molar-refractivity contribution in [3.05, 3.63) is 24.0 Å². The summed E-state index contributed by atoms with van der Waals surface area (Å²) >= 11 is 0. The first-order valence-corrected chi connectivity index (χ1v) is 4.51. The molecule has 1 rings (SSSR count). The van der Waals surface area contributed by atoms with Gasteiger partial charge in [0.05, 0.1) is 0 Å². The Morgan fingerprint density at radius 3 is 2.73 bits per heavy atom. The molecular weight excluding hydrogens is 134 g/mol. The second-order valence-electron chi connectivity index (χ2n) is 2.96. The van der Waals surface area contributed by atoms with Gasteiger partial charge >= 0.3 is 0 Å². The Kier molecular flexibility index (Phi) is 3.21. The average molecular weight is 151 g/mol. The van der Waals surface area contributed by atoms with Crippen LogP contribution in [0.1, 0.15) is 32.3 Å². The molecular formula is C10H17N. The first-order chi connectivity index (χ1) is 5.36. The molecule has 1 nitrogen and oxygen atoms in total. The predicted molar refractivity (Wildman–Crippen MR) is 48.7 cm³/mol. The second kappa shape index (κ2) is 4.22. The van der Waals surface area contributed by atoms with Gasteiger partial charge in [-0.25, -0.2) is 0 Å². The fraction of sp³-hybridized carbons (Fsp3) is 0.600. The summed E-state index contributed by atoms with van der Waals surface area (Å²) in [6.07, 6.45) is 8.14. The number of aryl methyl sites for hydroxylation is 2. The molecule has 0 unspecified atom stereocenters. The number of hydrogen-bond donors (Lipinski definition) is 0. The van der Waals surface area contributed by atoms with Gasteiger partial charge in [0.1, 0.15) is 0 Å². The SMILES string of the molecule is CCCCn1ccc(CC)c1. The zero-order valence-corrected chi connectivity index (χ0v) is 7.51. The van der Waals surface area contributed by atoms with Crippen molar-refractivity contribution in [2.45, 2.75) is 39.7 Å². The fourth-order valence-electron chi connectivity index (χ4n) is 1.18. The van der Waals surface area contributed by atoms with Gasteiger partial charge in [0.25, 0.3) is 0 Å². The summed E-state index contributed by atoms with van der Waals surface area (Å²) in [5, 5.41) is 0. The van der Waals surface area contributed by atoms with E-state index in [2.05, 4.69) is 36.9 Å². The van der Waals surface area contributed by atoms with Crippen molar-refractivity contribution < 1.29 is 0 Å². The van der Waals surface area contributed by atoms with E-state index in [0.717, 1.165) is 6.42 Å². The molecule has 0 aliphatic heterocycles. The van der Waals surface area contributed by atoms with Gasteiger partial charge in [0.2, 0.25) is 0 Å². The molecule has 0 aromatic carbocycles. The lowest BCUT2D eigenvalue weighted by Crippen LogP contribution is -1.92. The molecule has 0 atom stereocenters. The van der Waals surface area contributed by atoms with Gasteiger partial charge in [-0.2, -0.15) is 0 Å². The van der Waals surface area contributed by atoms with E-state index in [1.807, 2.05) is 0 Å². The van der Waals surface area contributed by atoms with Crippen LogP contribution in [0, 0.1) is 0 Å². The Balaban J connectivity index is 2.44. The van der Waals surface area contributed by atoms with Gasteiger partial charge in [-0.3, -0.25) is 0 Å². The molecule has 1 heteroatoms. The van der Waals surface area contributed by atoms with Gasteiger partial charge in [-0.15, -0.1) is 0 Å². The Labute approximate surface area is 69.0 Å². The minimum atomic E-state index is 1.15. The third-order valence-corrected chi connectivity index (χ3v) is 1.99. The first-order valence-electron chi connectivity index (χ1n) is 4.51. The summed E-state index contributed by atoms with van der Waals surface area (Å²) < 4.78 is 2.28. The molecule has 0 saturated carbocycles. The maximum absolute atomic E-state index is 2.28. The van der Waals surface area contributed by atoms with Gasteiger partial charge in [0.15, 0.2) is 0 Å². The topological polar surface area (TPSA) is 4.93 Å². The molecule has 1 aromatic heterocycles. The van der Waals surface area contributed by atoms with Gasteiger partial charge in [0, 0.05) is 18.9 Å². The maximum atomic E-state index is 2.28. The van der Waals surface area contributed by atoms with E-state index < -0.39 is 0 Å². The lowest BCUT2D eigenvalue weighted by molar-refractivity contribution is 0.634. The van der Waals surface area contributed by atoms with Crippen LogP contribution >= 0.6 is 0 Å². The zero-order valence-electron chi connectivity index (χ0n) is 7.51. The third-order valence-electron chi connectivity index (χ3n) is 1.99. The van der Waals surface area contributed by atoms with E-state index in [0.29, 0.717) is 0 Å². The standard InChI is InChI=1S/C10H17N/c1-3-5-7-11-8-6-10(4-2)9-11/h6,8-9H,3-5,7H2,1-2H3. The lowest BCUT2D eigenvalue weighted by atomic mass is 10.3. The maximum Gasteiger partial charge on any atom is 0.0219 e. The first kappa shape index (κ1) is 8.38. The lowest BCUT2D eigenvalue weighted by Gasteiger charge is -1.98. The van der Waals surface area contributed by atoms with Crippen LogP contribution in [0.5, 0.6) is 0 Å². The summed E-state index contributed by atoms with van der Waals surface area (Å²) in [6, 6.07) is 2.20. The predicted octanol–water partition coefficient (Wildman–Crippen LogP) is 2.85. The fourth-order valence-corrected chi connectivity index (χ4v) is 1.18. The summed E-state index contributed by atoms with van der Waals surface area (Å²) in [5.41, 5.74) is 1.45. The quantitative estimate of drug-likeness (QED) is 0.623. The van der Waals surface area contributed by atoms with Crippen molar-refractivity contribution in [3.8, 4) is 0 Å². The van der Waals surface area contributed by atoms with Crippen LogP contribution in [0.15, 0.2) is 18.5 Å². The highest BCUT2D eigenvalue weighted by Crippen LogP contribution is 2.03. The molecule has 0 spiro atoms. The van der Waals surface area contributed by atoms with Crippen LogP contribution in [-0.2, 0) is 13.0 Å². The molecule has 1 heterocycles. The van der Waals surface area contributed by atoms with E-state index >= 15 is 0 Å². The number of hydrogen-bond acceptors (Lipinski definition) is 0. The number of unbranched alkanes of at least 4 members (excludes halogenated alkanes) is 1. The molecule has 0 amide bonds. The van der Waals surface area contributed by atoms with Crippen LogP contribution in [0.2, 0.25) is 0 Å². The van der Waals surface area contributed by atoms with Crippen LogP contribution in [-0.4, -0.2) is 4.57 Å². The minimum Gasteiger partial charge on any atom is -0.354 e. The van der Waals surface area contributed by atoms with E-state index in [1.165, 1.54) is 24.9 Å². The highest BCUT2D eigenvalue weighted by molar-refractivity contribution is 5.09. The van der Waals surface area contributed by atoms with Crippen molar-refractivity contribution in [2.24, 2.45) is 0 Å². The second-order valence-corrected chi connectivity index (χ2v) is 2.96. The van der Waals surface area contributed by atoms with Crippen molar-refractivity contribution in [1.29, 1.82) is 0 Å². The number of nitrogens with zero attached hydrogens (tertiary/aromatic N) is 1. The molecule has 0 aliphatic rings. The molecule has 0 fully saturated rings. The Hall–Kier alpha value is -0.720. The van der Waals surface area contributed by atoms with Crippen LogP contribution in [0.3, 0.4) is 0 Å². The highest BCUT2D eigenvalue weighted by atomic mass is 14.9. The minimum absolute atomic E-state index is 1.15. The summed E-state index contributed by atoms with van der Waals surface area (Å²) in [5.74, 6) is 0. The Bertz CT molecular complexity index is 200. The molecule has 62 valence electrons. The van der Waals surface area contributed by atoms with Gasteiger partial charge in [-0.05, 0) is 24.5 Å². The van der Waals surface area contributed by atoms with E-state index in [1.54, 1.807) is 0 Å². The average Bonchev–Trinajstić information content (AvgIpc) is 2.48. The van der Waals surface area contributed by atoms with E-state index in [-0.39, 0.29) is 0 Å². The molecule has 0 radical (unpaired) electrons. The molecule has 0 aliphatic carbocycles. The molecule has 0 bridgehead atoms. The van der Waals surface area contributed by atoms with Gasteiger partial charge < -0.3 is 4.57 Å². The van der Waals surface area contributed by atoms with Crippen molar-refractivity contribution in [3.63, 3.8) is 0 Å². The van der Waals surface area contributed by atoms with E-state index in [4.69, 9.17) is 0 Å².